The van der Waals surface area contributed by atoms with Crippen LogP contribution in [-0.2, 0) is 14.3 Å². The second-order valence-electron chi connectivity index (χ2n) is 4.63. The first kappa shape index (κ1) is 15.2. The van der Waals surface area contributed by atoms with E-state index in [2.05, 4.69) is 5.10 Å². The van der Waals surface area contributed by atoms with Crippen LogP contribution in [0.1, 0.15) is 31.7 Å². The Morgan fingerprint density at radius 1 is 1.43 bits per heavy atom. The Balaban J connectivity index is 2.30. The Kier molecular flexibility index (Phi) is 5.03. The average Bonchev–Trinajstić information content (AvgIpc) is 2.84. The number of amides is 1. The topological polar surface area (TPSA) is 59.0 Å². The van der Waals surface area contributed by atoms with Crippen LogP contribution >= 0.6 is 0 Å². The maximum absolute atomic E-state index is 13.9. The van der Waals surface area contributed by atoms with Crippen LogP contribution in [0.4, 0.5) is 4.39 Å². The number of hydrazone groups is 1. The molecule has 5 nitrogen and oxygen atoms in total. The van der Waals surface area contributed by atoms with Gasteiger partial charge in [-0.15, -0.1) is 0 Å². The molecule has 0 saturated carbocycles. The van der Waals surface area contributed by atoms with Crippen LogP contribution in [0.15, 0.2) is 29.4 Å². The van der Waals surface area contributed by atoms with Crippen molar-refractivity contribution in [2.45, 2.75) is 26.2 Å². The van der Waals surface area contributed by atoms with Gasteiger partial charge < -0.3 is 4.74 Å². The van der Waals surface area contributed by atoms with E-state index in [-0.39, 0.29) is 30.2 Å². The molecular formula is C15H17FN2O3. The molecule has 112 valence electrons. The lowest BCUT2D eigenvalue weighted by Crippen LogP contribution is -2.23. The van der Waals surface area contributed by atoms with Crippen molar-refractivity contribution in [2.75, 3.05) is 13.2 Å². The molecule has 0 spiro atoms. The molecule has 1 amide bonds. The second kappa shape index (κ2) is 6.97. The molecule has 1 aromatic rings. The van der Waals surface area contributed by atoms with Crippen molar-refractivity contribution < 1.29 is 18.7 Å². The van der Waals surface area contributed by atoms with Crippen molar-refractivity contribution in [3.8, 4) is 0 Å². The standard InChI is InChI=1S/C15H17FN2O3/c1-2-21-15(20)10-13(11-6-3-4-7-12(11)16)17-18-9-5-8-14(18)19/h3-4,6-7H,2,5,8-10H2,1H3. The number of nitrogens with zero attached hydrogens (tertiary/aromatic N) is 2. The molecule has 6 heteroatoms. The predicted molar refractivity (Wildman–Crippen MR) is 75.1 cm³/mol. The summed E-state index contributed by atoms with van der Waals surface area (Å²) >= 11 is 0. The quantitative estimate of drug-likeness (QED) is 0.617. The Hall–Kier alpha value is -2.24. The summed E-state index contributed by atoms with van der Waals surface area (Å²) in [6.07, 6.45) is 0.971. The molecule has 0 aliphatic carbocycles. The minimum absolute atomic E-state index is 0.118. The number of hydrogen-bond acceptors (Lipinski definition) is 4. The molecule has 1 saturated heterocycles. The van der Waals surface area contributed by atoms with Crippen molar-refractivity contribution in [2.24, 2.45) is 5.10 Å². The minimum atomic E-state index is -0.494. The van der Waals surface area contributed by atoms with Gasteiger partial charge in [0.05, 0.1) is 18.7 Å². The molecule has 1 aliphatic heterocycles. The molecule has 0 bridgehead atoms. The fourth-order valence-electron chi connectivity index (χ4n) is 2.11. The molecule has 0 atom stereocenters. The molecule has 2 rings (SSSR count). The molecule has 0 radical (unpaired) electrons. The molecule has 0 unspecified atom stereocenters. The van der Waals surface area contributed by atoms with E-state index < -0.39 is 11.8 Å². The van der Waals surface area contributed by atoms with Crippen LogP contribution < -0.4 is 0 Å². The highest BCUT2D eigenvalue weighted by Crippen LogP contribution is 2.15. The molecular weight excluding hydrogens is 275 g/mol. The third-order valence-corrected chi connectivity index (χ3v) is 3.09. The predicted octanol–water partition coefficient (Wildman–Crippen LogP) is 2.11. The Labute approximate surface area is 122 Å². The van der Waals surface area contributed by atoms with E-state index in [1.807, 2.05) is 0 Å². The molecule has 1 heterocycles. The number of rotatable bonds is 5. The summed E-state index contributed by atoms with van der Waals surface area (Å²) in [7, 11) is 0. The summed E-state index contributed by atoms with van der Waals surface area (Å²) in [6.45, 7) is 2.42. The Morgan fingerprint density at radius 3 is 2.81 bits per heavy atom. The van der Waals surface area contributed by atoms with E-state index in [4.69, 9.17) is 4.74 Å². The van der Waals surface area contributed by atoms with Crippen LogP contribution in [0.5, 0.6) is 0 Å². The lowest BCUT2D eigenvalue weighted by atomic mass is 10.1. The van der Waals surface area contributed by atoms with E-state index in [0.717, 1.165) is 0 Å². The Bertz CT molecular complexity index is 572. The fourth-order valence-corrected chi connectivity index (χ4v) is 2.11. The van der Waals surface area contributed by atoms with Gasteiger partial charge in [-0.25, -0.2) is 9.40 Å². The number of benzene rings is 1. The fraction of sp³-hybridized carbons (Fsp3) is 0.400. The van der Waals surface area contributed by atoms with Gasteiger partial charge >= 0.3 is 5.97 Å². The van der Waals surface area contributed by atoms with Gasteiger partial charge in [-0.2, -0.15) is 5.10 Å². The van der Waals surface area contributed by atoms with Crippen LogP contribution in [-0.4, -0.2) is 35.7 Å². The number of carbonyl (C=O) groups excluding carboxylic acids is 2. The summed E-state index contributed by atoms with van der Waals surface area (Å²) in [5.41, 5.74) is 0.423. The largest absolute Gasteiger partial charge is 0.466 e. The summed E-state index contributed by atoms with van der Waals surface area (Å²) in [6, 6.07) is 6.04. The van der Waals surface area contributed by atoms with Crippen molar-refractivity contribution in [1.82, 2.24) is 5.01 Å². The highest BCUT2D eigenvalue weighted by molar-refractivity contribution is 6.09. The zero-order valence-electron chi connectivity index (χ0n) is 11.8. The van der Waals surface area contributed by atoms with E-state index in [1.54, 1.807) is 19.1 Å². The lowest BCUT2D eigenvalue weighted by molar-refractivity contribution is -0.141. The number of hydrogen-bond donors (Lipinski definition) is 0. The van der Waals surface area contributed by atoms with Gasteiger partial charge in [0.1, 0.15) is 5.82 Å². The van der Waals surface area contributed by atoms with Crippen LogP contribution in [0.25, 0.3) is 0 Å². The molecule has 1 aromatic carbocycles. The molecule has 21 heavy (non-hydrogen) atoms. The van der Waals surface area contributed by atoms with Gasteiger partial charge in [-0.3, -0.25) is 9.59 Å². The first-order valence-electron chi connectivity index (χ1n) is 6.90. The molecule has 0 N–H and O–H groups in total. The highest BCUT2D eigenvalue weighted by atomic mass is 19.1. The first-order chi connectivity index (χ1) is 10.1. The van der Waals surface area contributed by atoms with Crippen molar-refractivity contribution in [3.63, 3.8) is 0 Å². The number of carbonyl (C=O) groups is 2. The summed E-state index contributed by atoms with van der Waals surface area (Å²) < 4.78 is 18.8. The summed E-state index contributed by atoms with van der Waals surface area (Å²) in [4.78, 5) is 23.3. The van der Waals surface area contributed by atoms with Crippen molar-refractivity contribution in [1.29, 1.82) is 0 Å². The molecule has 1 fully saturated rings. The highest BCUT2D eigenvalue weighted by Gasteiger charge is 2.22. The Morgan fingerprint density at radius 2 is 2.19 bits per heavy atom. The third-order valence-electron chi connectivity index (χ3n) is 3.09. The zero-order chi connectivity index (χ0) is 15.2. The SMILES string of the molecule is CCOC(=O)CC(=NN1CCCC1=O)c1ccccc1F. The van der Waals surface area contributed by atoms with Crippen molar-refractivity contribution >= 4 is 17.6 Å². The van der Waals surface area contributed by atoms with Crippen molar-refractivity contribution in [3.05, 3.63) is 35.6 Å². The van der Waals surface area contributed by atoms with E-state index >= 15 is 0 Å². The van der Waals surface area contributed by atoms with Gasteiger partial charge in [-0.05, 0) is 19.4 Å². The summed E-state index contributed by atoms with van der Waals surface area (Å²) in [5.74, 6) is -1.09. The zero-order valence-corrected chi connectivity index (χ0v) is 11.8. The van der Waals surface area contributed by atoms with E-state index in [9.17, 15) is 14.0 Å². The lowest BCUT2D eigenvalue weighted by Gasteiger charge is -2.13. The number of esters is 1. The average molecular weight is 292 g/mol. The van der Waals surface area contributed by atoms with Crippen LogP contribution in [0, 0.1) is 5.82 Å². The summed E-state index contributed by atoms with van der Waals surface area (Å²) in [5, 5.41) is 5.46. The van der Waals surface area contributed by atoms with Crippen LogP contribution in [0.3, 0.4) is 0 Å². The molecule has 1 aliphatic rings. The van der Waals surface area contributed by atoms with Gasteiger partial charge in [0.2, 0.25) is 5.91 Å². The third kappa shape index (κ3) is 3.87. The smallest absolute Gasteiger partial charge is 0.311 e. The normalized spacial score (nSPS) is 15.4. The van der Waals surface area contributed by atoms with Crippen LogP contribution in [0.2, 0.25) is 0 Å². The maximum Gasteiger partial charge on any atom is 0.311 e. The molecule has 0 aromatic heterocycles. The van der Waals surface area contributed by atoms with Gasteiger partial charge in [0.15, 0.2) is 0 Å². The number of ether oxygens (including phenoxy) is 1. The van der Waals surface area contributed by atoms with Gasteiger partial charge in [-0.1, -0.05) is 18.2 Å². The van der Waals surface area contributed by atoms with Gasteiger partial charge in [0, 0.05) is 18.5 Å². The van der Waals surface area contributed by atoms with Gasteiger partial charge in [0.25, 0.3) is 0 Å². The monoisotopic (exact) mass is 292 g/mol. The number of halogens is 1. The van der Waals surface area contributed by atoms with E-state index in [1.165, 1.54) is 17.1 Å². The second-order valence-corrected chi connectivity index (χ2v) is 4.63. The minimum Gasteiger partial charge on any atom is -0.466 e. The van der Waals surface area contributed by atoms with E-state index in [0.29, 0.717) is 19.4 Å². The maximum atomic E-state index is 13.9. The first-order valence-corrected chi connectivity index (χ1v) is 6.90.